The molecule has 0 aromatic heterocycles. The number of nitrogens with one attached hydrogen (secondary N) is 1. The third kappa shape index (κ3) is 11.0. The molecule has 1 unspecified atom stereocenters. The van der Waals surface area contributed by atoms with E-state index in [1.807, 2.05) is 13.0 Å². The van der Waals surface area contributed by atoms with Crippen molar-refractivity contribution in [1.29, 1.82) is 0 Å². The summed E-state index contributed by atoms with van der Waals surface area (Å²) in [6, 6.07) is 5.13. The summed E-state index contributed by atoms with van der Waals surface area (Å²) in [5.74, 6) is 0.298. The normalized spacial score (nSPS) is 12.8. The standard InChI is InChI=1S/C25H35Cl2N3O4/c1-8-10-22(28-18(2)20-13-12-19(26)17-21(20)27)33-16-15-30(24(32)34-25(3,4)5)14-9-11-23(31)29(6)7/h8-13,17-18,28H,1,14-16H2,2-7H3/b11-9+,22-10+. The van der Waals surface area contributed by atoms with Crippen LogP contribution in [0.2, 0.25) is 10.0 Å². The van der Waals surface area contributed by atoms with Gasteiger partial charge in [-0.2, -0.15) is 0 Å². The molecule has 0 fully saturated rings. The van der Waals surface area contributed by atoms with Gasteiger partial charge in [0.25, 0.3) is 0 Å². The highest BCUT2D eigenvalue weighted by molar-refractivity contribution is 6.35. The van der Waals surface area contributed by atoms with E-state index < -0.39 is 11.7 Å². The number of carbonyl (C=O) groups excluding carboxylic acids is 2. The average Bonchev–Trinajstić information content (AvgIpc) is 2.70. The Morgan fingerprint density at radius 3 is 2.47 bits per heavy atom. The largest absolute Gasteiger partial charge is 0.477 e. The first-order chi connectivity index (χ1) is 15.8. The van der Waals surface area contributed by atoms with Crippen molar-refractivity contribution in [2.75, 3.05) is 33.8 Å². The van der Waals surface area contributed by atoms with Gasteiger partial charge in [-0.25, -0.2) is 4.79 Å². The minimum absolute atomic E-state index is 0.169. The van der Waals surface area contributed by atoms with E-state index in [1.165, 1.54) is 15.9 Å². The van der Waals surface area contributed by atoms with Crippen molar-refractivity contribution in [1.82, 2.24) is 15.1 Å². The predicted molar refractivity (Wildman–Crippen MR) is 138 cm³/mol. The molecule has 0 saturated carbocycles. The van der Waals surface area contributed by atoms with Gasteiger partial charge < -0.3 is 24.6 Å². The molecule has 0 aliphatic heterocycles. The topological polar surface area (TPSA) is 71.1 Å². The van der Waals surface area contributed by atoms with E-state index in [0.717, 1.165) is 5.56 Å². The van der Waals surface area contributed by atoms with Gasteiger partial charge in [0.2, 0.25) is 5.91 Å². The Balaban J connectivity index is 2.83. The van der Waals surface area contributed by atoms with Gasteiger partial charge in [0.1, 0.15) is 12.2 Å². The Kier molecular flexibility index (Phi) is 12.0. The fraction of sp³-hybridized carbons (Fsp3) is 0.440. The van der Waals surface area contributed by atoms with E-state index >= 15 is 0 Å². The monoisotopic (exact) mass is 511 g/mol. The number of likely N-dealkylation sites (N-methyl/N-ethyl adjacent to an activating group) is 1. The molecule has 0 bridgehead atoms. The SMILES string of the molecule is C=C/C=C(\NC(C)c1ccc(Cl)cc1Cl)OCCN(C/C=C/C(=O)N(C)C)C(=O)OC(C)(C)C. The lowest BCUT2D eigenvalue weighted by atomic mass is 10.1. The lowest BCUT2D eigenvalue weighted by molar-refractivity contribution is -0.123. The molecule has 7 nitrogen and oxygen atoms in total. The summed E-state index contributed by atoms with van der Waals surface area (Å²) < 4.78 is 11.4. The van der Waals surface area contributed by atoms with Gasteiger partial charge in [-0.1, -0.05) is 48.0 Å². The lowest BCUT2D eigenvalue weighted by Gasteiger charge is -2.27. The van der Waals surface area contributed by atoms with Gasteiger partial charge in [0.05, 0.1) is 12.6 Å². The van der Waals surface area contributed by atoms with Crippen molar-refractivity contribution < 1.29 is 19.1 Å². The fourth-order valence-electron chi connectivity index (χ4n) is 2.67. The second-order valence-corrected chi connectivity index (χ2v) is 9.55. The van der Waals surface area contributed by atoms with Crippen LogP contribution in [0.3, 0.4) is 0 Å². The molecule has 0 heterocycles. The quantitative estimate of drug-likeness (QED) is 0.239. The van der Waals surface area contributed by atoms with Gasteiger partial charge in [-0.15, -0.1) is 0 Å². The van der Waals surface area contributed by atoms with Crippen LogP contribution in [0.15, 0.2) is 55.0 Å². The third-order valence-corrected chi connectivity index (χ3v) is 4.92. The smallest absolute Gasteiger partial charge is 0.410 e. The number of carbonyl (C=O) groups is 2. The first kappa shape index (κ1) is 29.4. The summed E-state index contributed by atoms with van der Waals surface area (Å²) in [5.41, 5.74) is 0.206. The number of hydrogen-bond donors (Lipinski definition) is 1. The second kappa shape index (κ2) is 13.9. The molecule has 9 heteroatoms. The Bertz CT molecular complexity index is 908. The van der Waals surface area contributed by atoms with Crippen LogP contribution < -0.4 is 5.32 Å². The van der Waals surface area contributed by atoms with E-state index in [2.05, 4.69) is 11.9 Å². The zero-order chi connectivity index (χ0) is 25.9. The molecule has 0 saturated heterocycles. The minimum Gasteiger partial charge on any atom is -0.477 e. The van der Waals surface area contributed by atoms with Gasteiger partial charge in [0, 0.05) is 36.8 Å². The van der Waals surface area contributed by atoms with Gasteiger partial charge in [0.15, 0.2) is 5.88 Å². The minimum atomic E-state index is -0.651. The predicted octanol–water partition coefficient (Wildman–Crippen LogP) is 5.57. The molecular weight excluding hydrogens is 477 g/mol. The fourth-order valence-corrected chi connectivity index (χ4v) is 3.24. The van der Waals surface area contributed by atoms with Crippen molar-refractivity contribution in [3.05, 3.63) is 70.6 Å². The number of nitrogens with zero attached hydrogens (tertiary/aromatic N) is 2. The van der Waals surface area contributed by atoms with Crippen LogP contribution in [0, 0.1) is 0 Å². The molecule has 1 atom stereocenters. The maximum atomic E-state index is 12.6. The maximum Gasteiger partial charge on any atom is 0.410 e. The number of hydrogen-bond acceptors (Lipinski definition) is 5. The molecule has 0 aliphatic rings. The average molecular weight is 512 g/mol. The number of benzene rings is 1. The number of allylic oxidation sites excluding steroid dienone is 2. The van der Waals surface area contributed by atoms with Crippen molar-refractivity contribution in [2.24, 2.45) is 0 Å². The summed E-state index contributed by atoms with van der Waals surface area (Å²) in [5, 5.41) is 4.35. The zero-order valence-corrected chi connectivity index (χ0v) is 22.2. The third-order valence-electron chi connectivity index (χ3n) is 4.35. The Hall–Kier alpha value is -2.64. The Morgan fingerprint density at radius 2 is 1.91 bits per heavy atom. The number of ether oxygens (including phenoxy) is 2. The molecule has 0 spiro atoms. The molecule has 34 heavy (non-hydrogen) atoms. The molecule has 2 amide bonds. The number of halogens is 2. The highest BCUT2D eigenvalue weighted by atomic mass is 35.5. The van der Waals surface area contributed by atoms with Crippen LogP contribution in [0.4, 0.5) is 4.79 Å². The van der Waals surface area contributed by atoms with Crippen molar-refractivity contribution in [3.63, 3.8) is 0 Å². The molecular formula is C25H35Cl2N3O4. The first-order valence-corrected chi connectivity index (χ1v) is 11.6. The van der Waals surface area contributed by atoms with Crippen LogP contribution in [-0.2, 0) is 14.3 Å². The molecule has 1 rings (SSSR count). The van der Waals surface area contributed by atoms with E-state index in [9.17, 15) is 9.59 Å². The van der Waals surface area contributed by atoms with Crippen LogP contribution in [0.25, 0.3) is 0 Å². The summed E-state index contributed by atoms with van der Waals surface area (Å²) in [6.07, 6.45) is 5.82. The highest BCUT2D eigenvalue weighted by Crippen LogP contribution is 2.26. The summed E-state index contributed by atoms with van der Waals surface area (Å²) in [4.78, 5) is 27.4. The van der Waals surface area contributed by atoms with E-state index in [0.29, 0.717) is 15.9 Å². The molecule has 1 aromatic rings. The van der Waals surface area contributed by atoms with E-state index in [4.69, 9.17) is 32.7 Å². The molecule has 188 valence electrons. The molecule has 0 radical (unpaired) electrons. The number of amides is 2. The zero-order valence-electron chi connectivity index (χ0n) is 20.7. The number of rotatable bonds is 11. The van der Waals surface area contributed by atoms with Crippen molar-refractivity contribution in [2.45, 2.75) is 39.3 Å². The molecule has 1 N–H and O–H groups in total. The maximum absolute atomic E-state index is 12.6. The van der Waals surface area contributed by atoms with Crippen LogP contribution in [-0.4, -0.2) is 61.2 Å². The molecule has 1 aromatic carbocycles. The van der Waals surface area contributed by atoms with Crippen molar-refractivity contribution in [3.8, 4) is 0 Å². The first-order valence-electron chi connectivity index (χ1n) is 10.9. The van der Waals surface area contributed by atoms with Gasteiger partial charge >= 0.3 is 6.09 Å². The van der Waals surface area contributed by atoms with Crippen molar-refractivity contribution >= 4 is 35.2 Å². The van der Waals surface area contributed by atoms with E-state index in [1.54, 1.807) is 65.2 Å². The Morgan fingerprint density at radius 1 is 1.24 bits per heavy atom. The highest BCUT2D eigenvalue weighted by Gasteiger charge is 2.22. The van der Waals surface area contributed by atoms with E-state index in [-0.39, 0.29) is 31.6 Å². The summed E-state index contributed by atoms with van der Waals surface area (Å²) >= 11 is 12.3. The van der Waals surface area contributed by atoms with Crippen LogP contribution in [0.1, 0.15) is 39.3 Å². The second-order valence-electron chi connectivity index (χ2n) is 8.71. The van der Waals surface area contributed by atoms with Crippen LogP contribution >= 0.6 is 23.2 Å². The summed E-state index contributed by atoms with van der Waals surface area (Å²) in [7, 11) is 3.32. The van der Waals surface area contributed by atoms with Gasteiger partial charge in [-0.05, 0) is 51.5 Å². The molecule has 0 aliphatic carbocycles. The summed E-state index contributed by atoms with van der Waals surface area (Å²) in [6.45, 7) is 11.7. The lowest BCUT2D eigenvalue weighted by Crippen LogP contribution is -2.39. The Labute approximate surface area is 213 Å². The van der Waals surface area contributed by atoms with Crippen LogP contribution in [0.5, 0.6) is 0 Å². The van der Waals surface area contributed by atoms with Gasteiger partial charge in [-0.3, -0.25) is 4.79 Å².